The SMILES string of the molecule is c1cc(-c2ccc(-c3cc4c(-c5ccc6ccccc6c5)nc5ccccc5c4c4ccccc34)cc2)cc(-c2cccc(-c3ccncc3)n2)c1. The number of fused-ring (bicyclic) bond motifs is 6. The molecule has 0 saturated carbocycles. The lowest BCUT2D eigenvalue weighted by Crippen LogP contribution is -1.93. The molecule has 0 unspecified atom stereocenters. The summed E-state index contributed by atoms with van der Waals surface area (Å²) in [5.41, 5.74) is 11.8. The first-order chi connectivity index (χ1) is 25.8. The summed E-state index contributed by atoms with van der Waals surface area (Å²) in [4.78, 5) is 14.5. The lowest BCUT2D eigenvalue weighted by molar-refractivity contribution is 1.29. The summed E-state index contributed by atoms with van der Waals surface area (Å²) in [6, 6.07) is 62.7. The van der Waals surface area contributed by atoms with Gasteiger partial charge in [0.25, 0.3) is 0 Å². The largest absolute Gasteiger partial charge is 0.265 e. The van der Waals surface area contributed by atoms with Crippen LogP contribution in [0.3, 0.4) is 0 Å². The number of benzene rings is 7. The summed E-state index contributed by atoms with van der Waals surface area (Å²) in [7, 11) is 0. The molecule has 0 aliphatic rings. The van der Waals surface area contributed by atoms with Gasteiger partial charge in [0.1, 0.15) is 0 Å². The average Bonchev–Trinajstić information content (AvgIpc) is 3.23. The molecule has 52 heavy (non-hydrogen) atoms. The summed E-state index contributed by atoms with van der Waals surface area (Å²) in [5, 5.41) is 8.45. The summed E-state index contributed by atoms with van der Waals surface area (Å²) in [5.74, 6) is 0. The van der Waals surface area contributed by atoms with Crippen LogP contribution in [0.5, 0.6) is 0 Å². The Hall–Kier alpha value is -6.97. The van der Waals surface area contributed by atoms with Crippen molar-refractivity contribution in [2.24, 2.45) is 0 Å². The van der Waals surface area contributed by atoms with Crippen LogP contribution in [0.25, 0.3) is 99.2 Å². The maximum absolute atomic E-state index is 5.32. The van der Waals surface area contributed by atoms with Crippen LogP contribution in [0.2, 0.25) is 0 Å². The number of rotatable bonds is 5. The second kappa shape index (κ2) is 12.4. The van der Waals surface area contributed by atoms with Crippen LogP contribution in [0.1, 0.15) is 0 Å². The molecule has 0 bridgehead atoms. The van der Waals surface area contributed by atoms with E-state index >= 15 is 0 Å². The van der Waals surface area contributed by atoms with Crippen molar-refractivity contribution < 1.29 is 0 Å². The fourth-order valence-corrected chi connectivity index (χ4v) is 7.59. The van der Waals surface area contributed by atoms with Gasteiger partial charge in [0, 0.05) is 45.2 Å². The summed E-state index contributed by atoms with van der Waals surface area (Å²) in [6.07, 6.45) is 3.61. The van der Waals surface area contributed by atoms with Crippen molar-refractivity contribution in [1.82, 2.24) is 15.0 Å². The normalized spacial score (nSPS) is 11.5. The Bertz CT molecular complexity index is 2950. The number of para-hydroxylation sites is 1. The molecule has 7 aromatic carbocycles. The Kier molecular flexibility index (Phi) is 7.14. The Morgan fingerprint density at radius 2 is 0.981 bits per heavy atom. The van der Waals surface area contributed by atoms with Crippen molar-refractivity contribution in [3.8, 4) is 56.0 Å². The molecule has 0 aliphatic carbocycles. The fraction of sp³-hybridized carbons (Fsp3) is 0. The standard InChI is InChI=1S/C49H31N3/c1-2-10-36-30-39(24-21-32(36)9-1)49-44-31-43(40-13-3-4-14-41(40)48(44)42-15-5-6-16-47(42)52-49)34-22-19-33(20-23-34)37-11-7-12-38(29-37)46-18-8-17-45(51-46)35-25-27-50-28-26-35/h1-31H. The van der Waals surface area contributed by atoms with Crippen LogP contribution in [-0.4, -0.2) is 15.0 Å². The van der Waals surface area contributed by atoms with E-state index in [1.54, 1.807) is 12.4 Å². The van der Waals surface area contributed by atoms with Gasteiger partial charge >= 0.3 is 0 Å². The molecule has 10 aromatic rings. The van der Waals surface area contributed by atoms with Crippen molar-refractivity contribution in [3.63, 3.8) is 0 Å². The fourth-order valence-electron chi connectivity index (χ4n) is 7.59. The molecule has 3 heterocycles. The molecule has 0 N–H and O–H groups in total. The zero-order chi connectivity index (χ0) is 34.4. The number of hydrogen-bond donors (Lipinski definition) is 0. The van der Waals surface area contributed by atoms with Gasteiger partial charge in [-0.15, -0.1) is 0 Å². The zero-order valence-electron chi connectivity index (χ0n) is 28.2. The molecular weight excluding hydrogens is 631 g/mol. The smallest absolute Gasteiger partial charge is 0.0788 e. The Balaban J connectivity index is 1.10. The molecule has 0 radical (unpaired) electrons. The van der Waals surface area contributed by atoms with Gasteiger partial charge in [-0.25, -0.2) is 9.97 Å². The van der Waals surface area contributed by atoms with Crippen LogP contribution in [0.4, 0.5) is 0 Å². The van der Waals surface area contributed by atoms with E-state index < -0.39 is 0 Å². The second-order valence-electron chi connectivity index (χ2n) is 13.2. The van der Waals surface area contributed by atoms with E-state index in [1.165, 1.54) is 43.4 Å². The highest BCUT2D eigenvalue weighted by Crippen LogP contribution is 2.42. The number of nitrogens with zero attached hydrogens (tertiary/aromatic N) is 3. The third-order valence-electron chi connectivity index (χ3n) is 10.1. The molecule has 0 atom stereocenters. The number of hydrogen-bond acceptors (Lipinski definition) is 3. The van der Waals surface area contributed by atoms with Crippen molar-refractivity contribution in [1.29, 1.82) is 0 Å². The Morgan fingerprint density at radius 3 is 1.83 bits per heavy atom. The van der Waals surface area contributed by atoms with Gasteiger partial charge < -0.3 is 0 Å². The molecule has 3 heteroatoms. The van der Waals surface area contributed by atoms with Gasteiger partial charge in [-0.3, -0.25) is 4.98 Å². The zero-order valence-corrected chi connectivity index (χ0v) is 28.2. The summed E-state index contributed by atoms with van der Waals surface area (Å²) < 4.78 is 0. The summed E-state index contributed by atoms with van der Waals surface area (Å²) >= 11 is 0. The van der Waals surface area contributed by atoms with E-state index in [9.17, 15) is 0 Å². The third kappa shape index (κ3) is 5.19. The van der Waals surface area contributed by atoms with Gasteiger partial charge in [0.05, 0.1) is 22.6 Å². The molecule has 0 saturated heterocycles. The maximum atomic E-state index is 5.32. The van der Waals surface area contributed by atoms with Crippen LogP contribution in [0, 0.1) is 0 Å². The highest BCUT2D eigenvalue weighted by atomic mass is 14.7. The molecule has 3 aromatic heterocycles. The van der Waals surface area contributed by atoms with E-state index in [-0.39, 0.29) is 0 Å². The molecule has 10 rings (SSSR count). The first-order valence-electron chi connectivity index (χ1n) is 17.6. The first-order valence-corrected chi connectivity index (χ1v) is 17.6. The van der Waals surface area contributed by atoms with E-state index in [0.717, 1.165) is 55.8 Å². The van der Waals surface area contributed by atoms with Crippen molar-refractivity contribution in [3.05, 3.63) is 188 Å². The van der Waals surface area contributed by atoms with Crippen LogP contribution < -0.4 is 0 Å². The van der Waals surface area contributed by atoms with Crippen LogP contribution >= 0.6 is 0 Å². The van der Waals surface area contributed by atoms with E-state index in [1.807, 2.05) is 18.2 Å². The Labute approximate surface area is 301 Å². The Morgan fingerprint density at radius 1 is 0.327 bits per heavy atom. The molecule has 0 fully saturated rings. The highest BCUT2D eigenvalue weighted by Gasteiger charge is 2.17. The van der Waals surface area contributed by atoms with Gasteiger partial charge in [0.15, 0.2) is 0 Å². The molecule has 3 nitrogen and oxygen atoms in total. The van der Waals surface area contributed by atoms with Gasteiger partial charge in [-0.05, 0) is 92.3 Å². The predicted molar refractivity (Wildman–Crippen MR) is 217 cm³/mol. The lowest BCUT2D eigenvalue weighted by Gasteiger charge is -2.16. The van der Waals surface area contributed by atoms with Crippen molar-refractivity contribution in [2.45, 2.75) is 0 Å². The van der Waals surface area contributed by atoms with E-state index in [0.29, 0.717) is 0 Å². The highest BCUT2D eigenvalue weighted by molar-refractivity contribution is 6.25. The molecule has 242 valence electrons. The van der Waals surface area contributed by atoms with E-state index in [4.69, 9.17) is 9.97 Å². The first kappa shape index (κ1) is 29.9. The minimum Gasteiger partial charge on any atom is -0.265 e. The van der Waals surface area contributed by atoms with E-state index in [2.05, 4.69) is 163 Å². The van der Waals surface area contributed by atoms with Gasteiger partial charge in [-0.2, -0.15) is 0 Å². The average molecular weight is 662 g/mol. The van der Waals surface area contributed by atoms with Crippen molar-refractivity contribution >= 4 is 43.2 Å². The molecule has 0 aliphatic heterocycles. The lowest BCUT2D eigenvalue weighted by atomic mass is 9.89. The molecular formula is C49H31N3. The third-order valence-corrected chi connectivity index (χ3v) is 10.1. The quantitative estimate of drug-likeness (QED) is 0.172. The molecule has 0 amide bonds. The number of pyridine rings is 3. The predicted octanol–water partition coefficient (Wildman–Crippen LogP) is 12.8. The minimum absolute atomic E-state index is 0.934. The van der Waals surface area contributed by atoms with Gasteiger partial charge in [0.2, 0.25) is 0 Å². The van der Waals surface area contributed by atoms with Crippen molar-refractivity contribution in [2.75, 3.05) is 0 Å². The monoisotopic (exact) mass is 661 g/mol. The topological polar surface area (TPSA) is 38.7 Å². The minimum atomic E-state index is 0.934. The second-order valence-corrected chi connectivity index (χ2v) is 13.2. The maximum Gasteiger partial charge on any atom is 0.0788 e. The number of aromatic nitrogens is 3. The van der Waals surface area contributed by atoms with Crippen LogP contribution in [-0.2, 0) is 0 Å². The molecule has 0 spiro atoms. The van der Waals surface area contributed by atoms with Crippen LogP contribution in [0.15, 0.2) is 188 Å². The van der Waals surface area contributed by atoms with Gasteiger partial charge in [-0.1, -0.05) is 127 Å². The summed E-state index contributed by atoms with van der Waals surface area (Å²) in [6.45, 7) is 0.